The molecule has 0 N–H and O–H groups in total. The van der Waals surface area contributed by atoms with Crippen LogP contribution in [0, 0.1) is 0 Å². The average molecular weight is 363 g/mol. The van der Waals surface area contributed by atoms with Crippen molar-refractivity contribution in [3.8, 4) is 5.75 Å². The van der Waals surface area contributed by atoms with Crippen molar-refractivity contribution in [2.75, 3.05) is 19.8 Å². The molecule has 25 heavy (non-hydrogen) atoms. The van der Waals surface area contributed by atoms with Crippen LogP contribution in [-0.4, -0.2) is 41.8 Å². The number of unbranched alkanes of at least 4 members (excludes halogenated alkanes) is 1. The topological polar surface area (TPSA) is 72.9 Å². The van der Waals surface area contributed by atoms with E-state index in [1.165, 1.54) is 0 Å². The third kappa shape index (κ3) is 5.35. The van der Waals surface area contributed by atoms with E-state index in [1.54, 1.807) is 30.3 Å². The molecule has 2 rings (SSSR count). The van der Waals surface area contributed by atoms with Crippen molar-refractivity contribution in [2.45, 2.75) is 26.7 Å². The van der Waals surface area contributed by atoms with Gasteiger partial charge in [0.15, 0.2) is 0 Å². The summed E-state index contributed by atoms with van der Waals surface area (Å²) < 4.78 is 10.4. The first-order chi connectivity index (χ1) is 12.0. The normalized spacial score (nSPS) is 15.8. The van der Waals surface area contributed by atoms with Crippen LogP contribution < -0.4 is 4.74 Å². The maximum atomic E-state index is 12.3. The fourth-order valence-corrected chi connectivity index (χ4v) is 2.96. The minimum Gasteiger partial charge on any atom is -0.494 e. The van der Waals surface area contributed by atoms with Gasteiger partial charge in [0, 0.05) is 0 Å². The molecule has 7 heteroatoms. The molecule has 1 heterocycles. The lowest BCUT2D eigenvalue weighted by molar-refractivity contribution is -0.146. The van der Waals surface area contributed by atoms with Crippen molar-refractivity contribution in [1.82, 2.24) is 4.90 Å². The minimum atomic E-state index is -0.571. The van der Waals surface area contributed by atoms with E-state index in [-0.39, 0.29) is 11.4 Å². The molecule has 134 valence electrons. The quantitative estimate of drug-likeness (QED) is 0.400. The number of amides is 2. The summed E-state index contributed by atoms with van der Waals surface area (Å²) in [6.45, 7) is 4.41. The third-order valence-electron chi connectivity index (χ3n) is 3.41. The molecule has 0 atom stereocenters. The van der Waals surface area contributed by atoms with Crippen molar-refractivity contribution in [2.24, 2.45) is 0 Å². The lowest BCUT2D eigenvalue weighted by atomic mass is 10.2. The number of ether oxygens (including phenoxy) is 2. The fourth-order valence-electron chi connectivity index (χ4n) is 2.12. The molecule has 6 nitrogen and oxygen atoms in total. The smallest absolute Gasteiger partial charge is 0.326 e. The largest absolute Gasteiger partial charge is 0.494 e. The maximum Gasteiger partial charge on any atom is 0.326 e. The molecule has 1 fully saturated rings. The fraction of sp³-hybridized carbons (Fsp3) is 0.389. The van der Waals surface area contributed by atoms with Crippen molar-refractivity contribution in [3.63, 3.8) is 0 Å². The molecule has 0 unspecified atom stereocenters. The summed E-state index contributed by atoms with van der Waals surface area (Å²) in [6, 6.07) is 7.20. The molecular weight excluding hydrogens is 342 g/mol. The first-order valence-corrected chi connectivity index (χ1v) is 9.00. The zero-order chi connectivity index (χ0) is 18.2. The first kappa shape index (κ1) is 19.1. The van der Waals surface area contributed by atoms with E-state index < -0.39 is 17.1 Å². The van der Waals surface area contributed by atoms with Gasteiger partial charge in [-0.3, -0.25) is 19.3 Å². The lowest BCUT2D eigenvalue weighted by Crippen LogP contribution is -2.34. The number of rotatable bonds is 8. The van der Waals surface area contributed by atoms with Gasteiger partial charge in [0.05, 0.1) is 18.1 Å². The van der Waals surface area contributed by atoms with Crippen LogP contribution in [0.3, 0.4) is 0 Å². The van der Waals surface area contributed by atoms with Gasteiger partial charge in [-0.05, 0) is 48.9 Å². The Morgan fingerprint density at radius 3 is 2.56 bits per heavy atom. The van der Waals surface area contributed by atoms with Gasteiger partial charge in [0.1, 0.15) is 12.3 Å². The molecule has 1 aromatic rings. The number of thioether (sulfide) groups is 1. The third-order valence-corrected chi connectivity index (χ3v) is 4.32. The molecule has 0 radical (unpaired) electrons. The highest BCUT2D eigenvalue weighted by Gasteiger charge is 2.36. The Kier molecular flexibility index (Phi) is 7.06. The molecule has 0 aromatic heterocycles. The van der Waals surface area contributed by atoms with Crippen LogP contribution in [0.4, 0.5) is 4.79 Å². The van der Waals surface area contributed by atoms with Gasteiger partial charge in [-0.25, -0.2) is 0 Å². The van der Waals surface area contributed by atoms with Gasteiger partial charge in [-0.1, -0.05) is 25.5 Å². The number of imide groups is 1. The van der Waals surface area contributed by atoms with Gasteiger partial charge < -0.3 is 9.47 Å². The first-order valence-electron chi connectivity index (χ1n) is 8.19. The lowest BCUT2D eigenvalue weighted by Gasteiger charge is -2.11. The number of carbonyl (C=O) groups is 3. The van der Waals surface area contributed by atoms with E-state index in [0.717, 1.165) is 40.8 Å². The van der Waals surface area contributed by atoms with Gasteiger partial charge in [0.2, 0.25) is 0 Å². The molecule has 1 saturated heterocycles. The van der Waals surface area contributed by atoms with Crippen LogP contribution in [0.1, 0.15) is 32.3 Å². The Labute approximate surface area is 151 Å². The summed E-state index contributed by atoms with van der Waals surface area (Å²) in [7, 11) is 0. The highest BCUT2D eigenvalue weighted by atomic mass is 32.2. The van der Waals surface area contributed by atoms with E-state index in [4.69, 9.17) is 9.47 Å². The van der Waals surface area contributed by atoms with Crippen LogP contribution in [0.15, 0.2) is 29.2 Å². The highest BCUT2D eigenvalue weighted by Crippen LogP contribution is 2.32. The number of carbonyl (C=O) groups excluding carboxylic acids is 3. The standard InChI is InChI=1S/C18H21NO5S/c1-3-5-10-24-16(20)12-19-17(21)15(25-18(19)22)11-13-6-8-14(9-7-13)23-4-2/h6-9,11H,3-5,10,12H2,1-2H3/b15-11+. The van der Waals surface area contributed by atoms with Crippen molar-refractivity contribution in [1.29, 1.82) is 0 Å². The zero-order valence-corrected chi connectivity index (χ0v) is 15.1. The van der Waals surface area contributed by atoms with Gasteiger partial charge in [-0.15, -0.1) is 0 Å². The van der Waals surface area contributed by atoms with E-state index in [9.17, 15) is 14.4 Å². The number of nitrogens with zero attached hydrogens (tertiary/aromatic N) is 1. The molecular formula is C18H21NO5S. The Morgan fingerprint density at radius 1 is 1.20 bits per heavy atom. The Bertz CT molecular complexity index is 669. The van der Waals surface area contributed by atoms with Crippen LogP contribution >= 0.6 is 11.8 Å². The van der Waals surface area contributed by atoms with Crippen molar-refractivity contribution >= 4 is 35.0 Å². The van der Waals surface area contributed by atoms with Gasteiger partial charge in [0.25, 0.3) is 11.1 Å². The summed E-state index contributed by atoms with van der Waals surface area (Å²) in [4.78, 5) is 37.2. The zero-order valence-electron chi connectivity index (χ0n) is 14.3. The summed E-state index contributed by atoms with van der Waals surface area (Å²) in [5.74, 6) is -0.308. The minimum absolute atomic E-state index is 0.288. The van der Waals surface area contributed by atoms with Crippen molar-refractivity contribution in [3.05, 3.63) is 34.7 Å². The van der Waals surface area contributed by atoms with Crippen LogP contribution in [-0.2, 0) is 14.3 Å². The van der Waals surface area contributed by atoms with E-state index >= 15 is 0 Å². The summed E-state index contributed by atoms with van der Waals surface area (Å²) in [6.07, 6.45) is 3.29. The van der Waals surface area contributed by atoms with Gasteiger partial charge in [-0.2, -0.15) is 0 Å². The summed E-state index contributed by atoms with van der Waals surface area (Å²) >= 11 is 0.821. The monoisotopic (exact) mass is 363 g/mol. The molecule has 0 bridgehead atoms. The molecule has 0 spiro atoms. The second kappa shape index (κ2) is 9.27. The molecule has 2 amide bonds. The Morgan fingerprint density at radius 2 is 1.92 bits per heavy atom. The predicted octanol–water partition coefficient (Wildman–Crippen LogP) is 3.46. The number of hydrogen-bond donors (Lipinski definition) is 0. The highest BCUT2D eigenvalue weighted by molar-refractivity contribution is 8.18. The van der Waals surface area contributed by atoms with Gasteiger partial charge >= 0.3 is 5.97 Å². The van der Waals surface area contributed by atoms with Crippen LogP contribution in [0.5, 0.6) is 5.75 Å². The van der Waals surface area contributed by atoms with Crippen LogP contribution in [0.25, 0.3) is 6.08 Å². The molecule has 1 aromatic carbocycles. The average Bonchev–Trinajstić information content (AvgIpc) is 2.85. The SMILES string of the molecule is CCCCOC(=O)CN1C(=O)S/C(=C/c2ccc(OCC)cc2)C1=O. The molecule has 1 aliphatic heterocycles. The maximum absolute atomic E-state index is 12.3. The van der Waals surface area contributed by atoms with Crippen LogP contribution in [0.2, 0.25) is 0 Å². The molecule has 0 aliphatic carbocycles. The number of hydrogen-bond acceptors (Lipinski definition) is 6. The second-order valence-corrected chi connectivity index (χ2v) is 6.34. The Hall–Kier alpha value is -2.28. The van der Waals surface area contributed by atoms with E-state index in [0.29, 0.717) is 13.2 Å². The van der Waals surface area contributed by atoms with Crippen molar-refractivity contribution < 1.29 is 23.9 Å². The Balaban J connectivity index is 2.00. The second-order valence-electron chi connectivity index (χ2n) is 5.34. The van der Waals surface area contributed by atoms with E-state index in [2.05, 4.69) is 0 Å². The molecule has 1 aliphatic rings. The summed E-state index contributed by atoms with van der Waals surface area (Å²) in [5.41, 5.74) is 0.777. The summed E-state index contributed by atoms with van der Waals surface area (Å²) in [5, 5.41) is -0.463. The van der Waals surface area contributed by atoms with E-state index in [1.807, 2.05) is 13.8 Å². The number of esters is 1. The predicted molar refractivity (Wildman–Crippen MR) is 96.2 cm³/mol. The molecule has 0 saturated carbocycles. The number of benzene rings is 1.